The molecular formula is C20H22F2N4O3. The Hall–Kier alpha value is -2.39. The molecule has 1 amide bonds. The highest BCUT2D eigenvalue weighted by molar-refractivity contribution is 6.27. The third-order valence-corrected chi connectivity index (χ3v) is 6.75. The summed E-state index contributed by atoms with van der Waals surface area (Å²) in [6.45, 7) is 1.83. The molecule has 4 atom stereocenters. The van der Waals surface area contributed by atoms with Crippen LogP contribution in [-0.4, -0.2) is 66.7 Å². The largest absolute Gasteiger partial charge is 0.358 e. The molecule has 2 N–H and O–H groups in total. The molecule has 2 bridgehead atoms. The lowest BCUT2D eigenvalue weighted by Gasteiger charge is -2.54. The zero-order valence-electron chi connectivity index (χ0n) is 15.8. The molecule has 29 heavy (non-hydrogen) atoms. The number of piperidine rings is 2. The maximum absolute atomic E-state index is 15.4. The first-order valence-electron chi connectivity index (χ1n) is 10.0. The van der Waals surface area contributed by atoms with Gasteiger partial charge in [0.05, 0.1) is 18.2 Å². The molecule has 4 aliphatic rings. The number of hydrogen-bond acceptors (Lipinski definition) is 6. The summed E-state index contributed by atoms with van der Waals surface area (Å²) in [6.07, 6.45) is 2.17. The summed E-state index contributed by atoms with van der Waals surface area (Å²) in [5.41, 5.74) is 0.314. The number of amides is 1. The van der Waals surface area contributed by atoms with Gasteiger partial charge in [0, 0.05) is 43.3 Å². The predicted octanol–water partition coefficient (Wildman–Crippen LogP) is 0.360. The van der Waals surface area contributed by atoms with Crippen molar-refractivity contribution < 1.29 is 23.2 Å². The van der Waals surface area contributed by atoms with Crippen LogP contribution < -0.4 is 15.5 Å². The van der Waals surface area contributed by atoms with Crippen LogP contribution in [0.5, 0.6) is 0 Å². The number of Topliss-reactive ketones (excluding diaryl/α,β-unsaturated/α-hetero) is 1. The summed E-state index contributed by atoms with van der Waals surface area (Å²) in [7, 11) is 0. The lowest BCUT2D eigenvalue weighted by molar-refractivity contribution is -0.131. The first-order valence-corrected chi connectivity index (χ1v) is 10.0. The summed E-state index contributed by atoms with van der Waals surface area (Å²) < 4.78 is 30.2. The zero-order chi connectivity index (χ0) is 20.3. The van der Waals surface area contributed by atoms with E-state index in [1.165, 1.54) is 6.07 Å². The lowest BCUT2D eigenvalue weighted by atomic mass is 9.87. The van der Waals surface area contributed by atoms with Crippen LogP contribution in [0.4, 0.5) is 14.5 Å². The van der Waals surface area contributed by atoms with Crippen molar-refractivity contribution in [2.75, 3.05) is 24.5 Å². The molecule has 4 unspecified atom stereocenters. The van der Waals surface area contributed by atoms with Crippen LogP contribution in [0.25, 0.3) is 0 Å². The number of rotatable bonds is 4. The minimum atomic E-state index is -0.688. The maximum atomic E-state index is 15.4. The van der Waals surface area contributed by atoms with E-state index >= 15 is 4.39 Å². The van der Waals surface area contributed by atoms with Gasteiger partial charge in [0.1, 0.15) is 11.5 Å². The Morgan fingerprint density at radius 2 is 1.90 bits per heavy atom. The Balaban J connectivity index is 1.38. The number of carbonyl (C=O) groups excluding carboxylic acids is 3. The molecule has 3 saturated heterocycles. The van der Waals surface area contributed by atoms with E-state index in [4.69, 9.17) is 0 Å². The van der Waals surface area contributed by atoms with Gasteiger partial charge in [-0.3, -0.25) is 14.4 Å². The van der Waals surface area contributed by atoms with Crippen LogP contribution in [0.2, 0.25) is 0 Å². The average molecular weight is 404 g/mol. The second-order valence-electron chi connectivity index (χ2n) is 8.30. The van der Waals surface area contributed by atoms with Crippen LogP contribution >= 0.6 is 0 Å². The van der Waals surface area contributed by atoms with Gasteiger partial charge in [-0.05, 0) is 25.3 Å². The number of halogens is 2. The minimum Gasteiger partial charge on any atom is -0.358 e. The highest BCUT2D eigenvalue weighted by atomic mass is 19.1. The summed E-state index contributed by atoms with van der Waals surface area (Å²) in [5.74, 6) is -2.22. The Morgan fingerprint density at radius 1 is 1.14 bits per heavy atom. The van der Waals surface area contributed by atoms with Crippen LogP contribution in [0, 0.1) is 11.6 Å². The van der Waals surface area contributed by atoms with E-state index in [1.54, 1.807) is 4.90 Å². The molecule has 0 aliphatic carbocycles. The number of anilines is 1. The van der Waals surface area contributed by atoms with Crippen molar-refractivity contribution in [2.24, 2.45) is 0 Å². The number of aldehydes is 1. The van der Waals surface area contributed by atoms with E-state index in [0.29, 0.717) is 38.8 Å². The third kappa shape index (κ3) is 2.78. The van der Waals surface area contributed by atoms with E-state index in [-0.39, 0.29) is 47.4 Å². The smallest absolute Gasteiger partial charge is 0.255 e. The van der Waals surface area contributed by atoms with Crippen molar-refractivity contribution in [3.63, 3.8) is 0 Å². The summed E-state index contributed by atoms with van der Waals surface area (Å²) >= 11 is 0. The number of carbonyl (C=O) groups is 3. The molecular weight excluding hydrogens is 382 g/mol. The molecule has 4 heterocycles. The molecule has 3 fully saturated rings. The van der Waals surface area contributed by atoms with Gasteiger partial charge in [-0.1, -0.05) is 0 Å². The first-order chi connectivity index (χ1) is 14.0. The van der Waals surface area contributed by atoms with Gasteiger partial charge in [-0.15, -0.1) is 0 Å². The van der Waals surface area contributed by atoms with Crippen molar-refractivity contribution >= 4 is 23.7 Å². The Morgan fingerprint density at radius 3 is 2.52 bits per heavy atom. The van der Waals surface area contributed by atoms with Crippen molar-refractivity contribution in [1.29, 1.82) is 0 Å². The number of piperazine rings is 1. The molecule has 9 heteroatoms. The van der Waals surface area contributed by atoms with Gasteiger partial charge in [-0.2, -0.15) is 0 Å². The van der Waals surface area contributed by atoms with E-state index in [1.807, 2.05) is 4.90 Å². The standard InChI is InChI=1S/C20H22F2N4O3/c21-15-4-13-14(18(22)19(15)26-11-3-12(26)6-23-5-11)8-25(20(13)29)10-1-2-16(24-7-10)17(28)9-27/h4,9-12,16,23-24H,1-3,5-8H2. The van der Waals surface area contributed by atoms with Gasteiger partial charge in [0.25, 0.3) is 5.91 Å². The summed E-state index contributed by atoms with van der Waals surface area (Å²) in [4.78, 5) is 38.4. The molecule has 0 radical (unpaired) electrons. The van der Waals surface area contributed by atoms with Crippen molar-refractivity contribution in [3.8, 4) is 0 Å². The highest BCUT2D eigenvalue weighted by Crippen LogP contribution is 2.41. The molecule has 5 rings (SSSR count). The van der Waals surface area contributed by atoms with E-state index in [0.717, 1.165) is 6.42 Å². The molecule has 4 aliphatic heterocycles. The molecule has 0 saturated carbocycles. The number of ketones is 1. The van der Waals surface area contributed by atoms with Gasteiger partial charge < -0.3 is 20.4 Å². The number of nitrogens with one attached hydrogen (secondary N) is 2. The SMILES string of the molecule is O=CC(=O)C1CCC(N2Cc3c(cc(F)c(N4C5CNCC4C5)c3F)C2=O)CN1. The lowest BCUT2D eigenvalue weighted by Crippen LogP contribution is -2.68. The molecule has 0 aromatic heterocycles. The molecule has 1 aromatic rings. The van der Waals surface area contributed by atoms with Crippen molar-refractivity contribution in [2.45, 2.75) is 50.0 Å². The van der Waals surface area contributed by atoms with Crippen molar-refractivity contribution in [3.05, 3.63) is 28.8 Å². The van der Waals surface area contributed by atoms with Crippen LogP contribution in [0.3, 0.4) is 0 Å². The minimum absolute atomic E-state index is 0.0143. The maximum Gasteiger partial charge on any atom is 0.255 e. The fourth-order valence-electron chi connectivity index (χ4n) is 5.20. The molecule has 154 valence electrons. The Bertz CT molecular complexity index is 886. The second-order valence-corrected chi connectivity index (χ2v) is 8.30. The number of benzene rings is 1. The van der Waals surface area contributed by atoms with Gasteiger partial charge in [0.2, 0.25) is 5.78 Å². The predicted molar refractivity (Wildman–Crippen MR) is 99.7 cm³/mol. The van der Waals surface area contributed by atoms with E-state index < -0.39 is 23.5 Å². The fourth-order valence-corrected chi connectivity index (χ4v) is 5.20. The molecule has 7 nitrogen and oxygen atoms in total. The zero-order valence-corrected chi connectivity index (χ0v) is 15.8. The van der Waals surface area contributed by atoms with Crippen LogP contribution in [0.1, 0.15) is 35.2 Å². The van der Waals surface area contributed by atoms with Gasteiger partial charge in [-0.25, -0.2) is 8.78 Å². The second kappa shape index (κ2) is 6.84. The van der Waals surface area contributed by atoms with Crippen LogP contribution in [-0.2, 0) is 16.1 Å². The highest BCUT2D eigenvalue weighted by Gasteiger charge is 2.46. The first kappa shape index (κ1) is 18.6. The monoisotopic (exact) mass is 404 g/mol. The quantitative estimate of drug-likeness (QED) is 0.557. The van der Waals surface area contributed by atoms with E-state index in [2.05, 4.69) is 10.6 Å². The number of nitrogens with zero attached hydrogens (tertiary/aromatic N) is 2. The normalized spacial score (nSPS) is 30.8. The topological polar surface area (TPSA) is 81.8 Å². The fraction of sp³-hybridized carbons (Fsp3) is 0.550. The Kier molecular flexibility index (Phi) is 4.40. The van der Waals surface area contributed by atoms with Crippen molar-refractivity contribution in [1.82, 2.24) is 15.5 Å². The average Bonchev–Trinajstić information content (AvgIpc) is 3.07. The van der Waals surface area contributed by atoms with Gasteiger partial charge >= 0.3 is 0 Å². The molecule has 1 aromatic carbocycles. The molecule has 0 spiro atoms. The Labute approximate surface area is 166 Å². The third-order valence-electron chi connectivity index (χ3n) is 6.75. The summed E-state index contributed by atoms with van der Waals surface area (Å²) in [6, 6.07) is 0.567. The summed E-state index contributed by atoms with van der Waals surface area (Å²) in [5, 5.41) is 6.23. The van der Waals surface area contributed by atoms with E-state index in [9.17, 15) is 18.8 Å². The van der Waals surface area contributed by atoms with Gasteiger partial charge in [0.15, 0.2) is 12.1 Å². The number of hydrogen-bond donors (Lipinski definition) is 2. The van der Waals surface area contributed by atoms with Crippen LogP contribution in [0.15, 0.2) is 6.07 Å². The number of fused-ring (bicyclic) bond motifs is 3.